The van der Waals surface area contributed by atoms with E-state index in [9.17, 15) is 4.79 Å². The molecule has 0 radical (unpaired) electrons. The van der Waals surface area contributed by atoms with E-state index in [0.717, 1.165) is 12.2 Å². The maximum atomic E-state index is 11.9. The first-order chi connectivity index (χ1) is 8.29. The monoisotopic (exact) mass is 269 g/mol. The molecule has 100 valence electrons. The second-order valence-corrected chi connectivity index (χ2v) is 4.60. The minimum absolute atomic E-state index is 0. The van der Waals surface area contributed by atoms with Gasteiger partial charge in [0.15, 0.2) is 0 Å². The van der Waals surface area contributed by atoms with Gasteiger partial charge in [-0.05, 0) is 30.9 Å². The molecule has 0 atom stereocenters. The fourth-order valence-electron chi connectivity index (χ4n) is 2.28. The number of amides is 1. The van der Waals surface area contributed by atoms with E-state index in [4.69, 9.17) is 5.73 Å². The fraction of sp³-hybridized carbons (Fsp3) is 0.538. The number of halogens is 1. The van der Waals surface area contributed by atoms with Crippen molar-refractivity contribution >= 4 is 18.3 Å². The molecule has 0 saturated heterocycles. The third-order valence-corrected chi connectivity index (χ3v) is 3.31. The number of carbonyl (C=O) groups is 1. The van der Waals surface area contributed by atoms with Gasteiger partial charge in [-0.15, -0.1) is 12.4 Å². The highest BCUT2D eigenvalue weighted by Crippen LogP contribution is 2.23. The van der Waals surface area contributed by atoms with Crippen molar-refractivity contribution in [3.8, 4) is 0 Å². The van der Waals surface area contributed by atoms with Crippen molar-refractivity contribution in [2.45, 2.75) is 32.2 Å². The maximum absolute atomic E-state index is 11.9. The number of rotatable bonds is 4. The Labute approximate surface area is 114 Å². The number of nitrogens with one attached hydrogen (secondary N) is 1. The van der Waals surface area contributed by atoms with Gasteiger partial charge in [0, 0.05) is 24.8 Å². The van der Waals surface area contributed by atoms with Crippen molar-refractivity contribution in [1.82, 2.24) is 10.3 Å². The lowest BCUT2D eigenvalue weighted by Crippen LogP contribution is -2.28. The Hall–Kier alpha value is -1.13. The zero-order valence-electron chi connectivity index (χ0n) is 10.4. The molecule has 2 rings (SSSR count). The third kappa shape index (κ3) is 3.96. The van der Waals surface area contributed by atoms with E-state index in [2.05, 4.69) is 10.3 Å². The normalized spacial score (nSPS) is 15.2. The Morgan fingerprint density at radius 3 is 2.83 bits per heavy atom. The Balaban J connectivity index is 0.00000162. The minimum atomic E-state index is -0.0194. The van der Waals surface area contributed by atoms with Crippen LogP contribution in [0.3, 0.4) is 0 Å². The number of nitrogens with zero attached hydrogens (tertiary/aromatic N) is 1. The van der Waals surface area contributed by atoms with Crippen LogP contribution in [0.25, 0.3) is 0 Å². The number of hydrogen-bond donors (Lipinski definition) is 2. The van der Waals surface area contributed by atoms with Gasteiger partial charge in [-0.2, -0.15) is 0 Å². The van der Waals surface area contributed by atoms with Crippen LogP contribution in [0.5, 0.6) is 0 Å². The molecule has 1 aliphatic carbocycles. The molecule has 1 aromatic heterocycles. The Morgan fingerprint density at radius 1 is 1.44 bits per heavy atom. The number of nitrogens with two attached hydrogens (primary N) is 1. The number of aromatic nitrogens is 1. The topological polar surface area (TPSA) is 68.0 Å². The smallest absolute Gasteiger partial charge is 0.251 e. The Kier molecular flexibility index (Phi) is 6.09. The average molecular weight is 270 g/mol. The summed E-state index contributed by atoms with van der Waals surface area (Å²) in [5, 5.41) is 2.98. The molecule has 3 N–H and O–H groups in total. The van der Waals surface area contributed by atoms with E-state index >= 15 is 0 Å². The highest BCUT2D eigenvalue weighted by atomic mass is 35.5. The summed E-state index contributed by atoms with van der Waals surface area (Å²) in [6.07, 6.45) is 6.71. The zero-order valence-corrected chi connectivity index (χ0v) is 11.2. The van der Waals surface area contributed by atoms with Gasteiger partial charge in [0.1, 0.15) is 0 Å². The van der Waals surface area contributed by atoms with Crippen molar-refractivity contribution in [3.63, 3.8) is 0 Å². The van der Waals surface area contributed by atoms with Crippen LogP contribution >= 0.6 is 12.4 Å². The SMILES string of the molecule is Cl.NCc1cc(C(=O)NCC2CCCC2)ccn1. The molecular formula is C13H20ClN3O. The highest BCUT2D eigenvalue weighted by molar-refractivity contribution is 5.94. The average Bonchev–Trinajstić information content (AvgIpc) is 2.89. The molecule has 0 unspecified atom stereocenters. The van der Waals surface area contributed by atoms with Crippen molar-refractivity contribution in [1.29, 1.82) is 0 Å². The van der Waals surface area contributed by atoms with Crippen molar-refractivity contribution < 1.29 is 4.79 Å². The maximum Gasteiger partial charge on any atom is 0.251 e. The lowest BCUT2D eigenvalue weighted by molar-refractivity contribution is 0.0947. The van der Waals surface area contributed by atoms with Crippen molar-refractivity contribution in [2.24, 2.45) is 11.7 Å². The van der Waals surface area contributed by atoms with Crippen LogP contribution in [-0.4, -0.2) is 17.4 Å². The molecule has 4 nitrogen and oxygen atoms in total. The van der Waals surface area contributed by atoms with Crippen LogP contribution in [0.4, 0.5) is 0 Å². The fourth-order valence-corrected chi connectivity index (χ4v) is 2.28. The first kappa shape index (κ1) is 14.9. The summed E-state index contributed by atoms with van der Waals surface area (Å²) in [5.74, 6) is 0.642. The van der Waals surface area contributed by atoms with Crippen molar-refractivity contribution in [2.75, 3.05) is 6.54 Å². The van der Waals surface area contributed by atoms with Crippen LogP contribution < -0.4 is 11.1 Å². The van der Waals surface area contributed by atoms with E-state index in [1.165, 1.54) is 25.7 Å². The Morgan fingerprint density at radius 2 is 2.17 bits per heavy atom. The van der Waals surface area contributed by atoms with E-state index in [1.54, 1.807) is 18.3 Å². The van der Waals surface area contributed by atoms with Crippen LogP contribution in [0, 0.1) is 5.92 Å². The summed E-state index contributed by atoms with van der Waals surface area (Å²) in [6.45, 7) is 1.16. The molecule has 0 spiro atoms. The quantitative estimate of drug-likeness (QED) is 0.877. The summed E-state index contributed by atoms with van der Waals surface area (Å²) in [4.78, 5) is 16.0. The molecule has 1 heterocycles. The van der Waals surface area contributed by atoms with Gasteiger partial charge in [0.25, 0.3) is 5.91 Å². The second-order valence-electron chi connectivity index (χ2n) is 4.60. The molecule has 0 aliphatic heterocycles. The summed E-state index contributed by atoms with van der Waals surface area (Å²) in [5.41, 5.74) is 6.90. The van der Waals surface area contributed by atoms with Crippen LogP contribution in [0.2, 0.25) is 0 Å². The summed E-state index contributed by atoms with van der Waals surface area (Å²) in [6, 6.07) is 3.48. The molecule has 1 saturated carbocycles. The Bertz CT molecular complexity index is 392. The molecule has 1 aromatic rings. The molecule has 1 fully saturated rings. The van der Waals surface area contributed by atoms with Crippen molar-refractivity contribution in [3.05, 3.63) is 29.6 Å². The van der Waals surface area contributed by atoms with E-state index in [-0.39, 0.29) is 18.3 Å². The van der Waals surface area contributed by atoms with E-state index in [0.29, 0.717) is 18.0 Å². The first-order valence-corrected chi connectivity index (χ1v) is 6.23. The minimum Gasteiger partial charge on any atom is -0.352 e. The number of pyridine rings is 1. The van der Waals surface area contributed by atoms with Gasteiger partial charge in [-0.25, -0.2) is 0 Å². The van der Waals surface area contributed by atoms with Gasteiger partial charge < -0.3 is 11.1 Å². The van der Waals surface area contributed by atoms with Crippen LogP contribution in [0.15, 0.2) is 18.3 Å². The molecule has 18 heavy (non-hydrogen) atoms. The van der Waals surface area contributed by atoms with Gasteiger partial charge in [-0.3, -0.25) is 9.78 Å². The first-order valence-electron chi connectivity index (χ1n) is 6.23. The molecule has 1 aliphatic rings. The predicted molar refractivity (Wildman–Crippen MR) is 73.7 cm³/mol. The standard InChI is InChI=1S/C13H19N3O.ClH/c14-8-12-7-11(5-6-15-12)13(17)16-9-10-3-1-2-4-10;/h5-7,10H,1-4,8-9,14H2,(H,16,17);1H. The van der Waals surface area contributed by atoms with E-state index < -0.39 is 0 Å². The van der Waals surface area contributed by atoms with Gasteiger partial charge in [0.2, 0.25) is 0 Å². The number of carbonyl (C=O) groups excluding carboxylic acids is 1. The molecule has 0 bridgehead atoms. The summed E-state index contributed by atoms with van der Waals surface area (Å²) >= 11 is 0. The molecule has 1 amide bonds. The van der Waals surface area contributed by atoms with Gasteiger partial charge in [0.05, 0.1) is 5.69 Å². The molecular weight excluding hydrogens is 250 g/mol. The predicted octanol–water partition coefficient (Wildman–Crippen LogP) is 1.88. The van der Waals surface area contributed by atoms with Gasteiger partial charge >= 0.3 is 0 Å². The lowest BCUT2D eigenvalue weighted by Gasteiger charge is -2.10. The number of hydrogen-bond acceptors (Lipinski definition) is 3. The second kappa shape index (κ2) is 7.34. The summed E-state index contributed by atoms with van der Waals surface area (Å²) < 4.78 is 0. The highest BCUT2D eigenvalue weighted by Gasteiger charge is 2.16. The molecule has 0 aromatic carbocycles. The third-order valence-electron chi connectivity index (χ3n) is 3.31. The summed E-state index contributed by atoms with van der Waals surface area (Å²) in [7, 11) is 0. The zero-order chi connectivity index (χ0) is 12.1. The van der Waals surface area contributed by atoms with Crippen LogP contribution in [0.1, 0.15) is 41.7 Å². The lowest BCUT2D eigenvalue weighted by atomic mass is 10.1. The van der Waals surface area contributed by atoms with Crippen LogP contribution in [-0.2, 0) is 6.54 Å². The van der Waals surface area contributed by atoms with Gasteiger partial charge in [-0.1, -0.05) is 12.8 Å². The molecule has 5 heteroatoms. The van der Waals surface area contributed by atoms with E-state index in [1.807, 2.05) is 0 Å². The largest absolute Gasteiger partial charge is 0.352 e.